The van der Waals surface area contributed by atoms with E-state index < -0.39 is 38.4 Å². The van der Waals surface area contributed by atoms with Crippen LogP contribution < -0.4 is 15.5 Å². The fraction of sp³-hybridized carbons (Fsp3) is 0.364. The number of carbonyl (C=O) groups is 2. The summed E-state index contributed by atoms with van der Waals surface area (Å²) in [5, 5.41) is 10.4. The van der Waals surface area contributed by atoms with E-state index in [0.717, 1.165) is 36.5 Å². The number of aromatic nitrogens is 2. The van der Waals surface area contributed by atoms with Crippen molar-refractivity contribution in [2.75, 3.05) is 82.8 Å². The maximum atomic E-state index is 14.0. The molecule has 0 unspecified atom stereocenters. The zero-order valence-electron chi connectivity index (χ0n) is 27.5. The molecule has 49 heavy (non-hydrogen) atoms. The highest BCUT2D eigenvalue weighted by molar-refractivity contribution is 7.91. The van der Waals surface area contributed by atoms with Crippen LogP contribution in [-0.2, 0) is 24.0 Å². The summed E-state index contributed by atoms with van der Waals surface area (Å²) < 4.78 is 71.2. The van der Waals surface area contributed by atoms with Crippen molar-refractivity contribution in [3.63, 3.8) is 0 Å². The monoisotopic (exact) mass is 700 g/mol. The zero-order chi connectivity index (χ0) is 35.3. The second-order valence-electron chi connectivity index (χ2n) is 11.6. The van der Waals surface area contributed by atoms with Crippen molar-refractivity contribution in [3.05, 3.63) is 71.8 Å². The van der Waals surface area contributed by atoms with Crippen LogP contribution in [0.25, 0.3) is 10.9 Å². The second kappa shape index (κ2) is 15.3. The second-order valence-corrected chi connectivity index (χ2v) is 13.6. The number of amides is 1. The Balaban J connectivity index is 1.55. The highest BCUT2D eigenvalue weighted by Gasteiger charge is 2.26. The van der Waals surface area contributed by atoms with Gasteiger partial charge in [0, 0.05) is 69.3 Å². The van der Waals surface area contributed by atoms with Gasteiger partial charge in [-0.1, -0.05) is 0 Å². The van der Waals surface area contributed by atoms with Crippen LogP contribution in [0.4, 0.5) is 30.8 Å². The summed E-state index contributed by atoms with van der Waals surface area (Å²) in [6.45, 7) is 5.70. The summed E-state index contributed by atoms with van der Waals surface area (Å²) in [4.78, 5) is 30.4. The van der Waals surface area contributed by atoms with Crippen LogP contribution in [0.3, 0.4) is 0 Å². The number of methoxy groups -OCH3 is 2. The molecule has 1 amide bonds. The van der Waals surface area contributed by atoms with Crippen LogP contribution in [0, 0.1) is 11.6 Å². The number of likely N-dealkylation sites (N-methyl/N-ethyl adjacent to an activating group) is 1. The van der Waals surface area contributed by atoms with Crippen molar-refractivity contribution in [3.8, 4) is 0 Å². The fourth-order valence-electron chi connectivity index (χ4n) is 5.43. The Morgan fingerprint density at radius 2 is 1.63 bits per heavy atom. The average Bonchev–Trinajstić information content (AvgIpc) is 3.42. The molecule has 13 nitrogen and oxygen atoms in total. The molecule has 2 N–H and O–H groups in total. The number of nitrogens with zero attached hydrogens (tertiary/aromatic N) is 4. The molecule has 1 aliphatic rings. The number of carbonyl (C=O) groups excluding carboxylic acids is 2. The molecule has 262 valence electrons. The van der Waals surface area contributed by atoms with Gasteiger partial charge in [0.1, 0.15) is 18.2 Å². The van der Waals surface area contributed by atoms with E-state index in [4.69, 9.17) is 14.2 Å². The highest BCUT2D eigenvalue weighted by Crippen LogP contribution is 2.32. The van der Waals surface area contributed by atoms with E-state index in [1.54, 1.807) is 13.2 Å². The van der Waals surface area contributed by atoms with Gasteiger partial charge in [-0.2, -0.15) is 4.68 Å². The summed E-state index contributed by atoms with van der Waals surface area (Å²) >= 11 is 0. The maximum absolute atomic E-state index is 14.0. The van der Waals surface area contributed by atoms with Gasteiger partial charge in [-0.25, -0.2) is 22.0 Å². The van der Waals surface area contributed by atoms with Gasteiger partial charge >= 0.3 is 6.09 Å². The van der Waals surface area contributed by atoms with Gasteiger partial charge in [0.25, 0.3) is 5.91 Å². The highest BCUT2D eigenvalue weighted by atomic mass is 32.2. The lowest BCUT2D eigenvalue weighted by Crippen LogP contribution is -2.44. The number of piperazine rings is 1. The first-order valence-corrected chi connectivity index (χ1v) is 16.9. The van der Waals surface area contributed by atoms with Gasteiger partial charge in [0.05, 0.1) is 34.1 Å². The molecule has 1 aliphatic heterocycles. The van der Waals surface area contributed by atoms with E-state index in [1.165, 1.54) is 25.3 Å². The quantitative estimate of drug-likeness (QED) is 0.205. The van der Waals surface area contributed by atoms with Gasteiger partial charge in [-0.05, 0) is 62.5 Å². The van der Waals surface area contributed by atoms with Gasteiger partial charge in [0.2, 0.25) is 9.84 Å². The number of fused-ring (bicyclic) bond motifs is 1. The topological polar surface area (TPSA) is 144 Å². The van der Waals surface area contributed by atoms with E-state index in [1.807, 2.05) is 19.1 Å². The average molecular weight is 701 g/mol. The number of ether oxygens (including phenoxy) is 3. The molecule has 0 radical (unpaired) electrons. The Labute approximate surface area is 282 Å². The van der Waals surface area contributed by atoms with Gasteiger partial charge < -0.3 is 34.6 Å². The lowest BCUT2D eigenvalue weighted by molar-refractivity contribution is 0.0980. The SMILES string of the molecule is COCCOC(=O)n1nc(NC(=O)c2ccc(N3CCN(C)CC3)cc2N[C@H](C)COC)c2cc(S(=O)(=O)c3cc(F)cc(F)c3)ccc21. The minimum Gasteiger partial charge on any atom is -0.445 e. The van der Waals surface area contributed by atoms with Gasteiger partial charge in [-0.15, -0.1) is 5.10 Å². The third kappa shape index (κ3) is 8.16. The number of anilines is 3. The number of hydrogen-bond acceptors (Lipinski definition) is 11. The van der Waals surface area contributed by atoms with Gasteiger partial charge in [-0.3, -0.25) is 4.79 Å². The molecule has 1 fully saturated rings. The minimum atomic E-state index is -4.44. The number of nitrogens with one attached hydrogen (secondary N) is 2. The summed E-state index contributed by atoms with van der Waals surface area (Å²) in [7, 11) is 0.641. The van der Waals surface area contributed by atoms with Crippen molar-refractivity contribution < 1.29 is 41.0 Å². The Morgan fingerprint density at radius 3 is 2.31 bits per heavy atom. The van der Waals surface area contributed by atoms with E-state index in [-0.39, 0.29) is 46.4 Å². The van der Waals surface area contributed by atoms with E-state index in [9.17, 15) is 26.8 Å². The number of benzene rings is 3. The molecule has 1 atom stereocenters. The van der Waals surface area contributed by atoms with Crippen LogP contribution in [0.1, 0.15) is 17.3 Å². The van der Waals surface area contributed by atoms with E-state index in [0.29, 0.717) is 30.5 Å². The molecular weight excluding hydrogens is 662 g/mol. The van der Waals surface area contributed by atoms with Crippen molar-refractivity contribution >= 4 is 49.9 Å². The maximum Gasteiger partial charge on any atom is 0.435 e. The lowest BCUT2D eigenvalue weighted by Gasteiger charge is -2.34. The molecule has 5 rings (SSSR count). The number of halogens is 2. The Hall–Kier alpha value is -4.64. The third-order valence-corrected chi connectivity index (χ3v) is 9.69. The van der Waals surface area contributed by atoms with Crippen molar-refractivity contribution in [1.82, 2.24) is 14.7 Å². The Kier molecular flexibility index (Phi) is 11.1. The predicted molar refractivity (Wildman–Crippen MR) is 179 cm³/mol. The standard InChI is InChI=1S/C33H38F2N6O7S/c1-21(20-47-4)36-29-18-24(40-11-9-39(2)10-12-40)5-7-27(29)32(42)37-31-28-19-25(49(44,45)26-16-22(34)15-23(35)17-26)6-8-30(28)41(38-31)33(43)48-14-13-46-3/h5-8,15-19,21,36H,9-14,20H2,1-4H3,(H,37,38,42)/t21-/m1/s1. The van der Waals surface area contributed by atoms with Crippen LogP contribution in [0.5, 0.6) is 0 Å². The normalized spacial score (nSPS) is 14.5. The first-order chi connectivity index (χ1) is 23.4. The third-order valence-electron chi connectivity index (χ3n) is 7.96. The first kappa shape index (κ1) is 35.7. The first-order valence-electron chi connectivity index (χ1n) is 15.5. The molecule has 0 spiro atoms. The molecule has 2 heterocycles. The Morgan fingerprint density at radius 1 is 0.918 bits per heavy atom. The van der Waals surface area contributed by atoms with E-state index in [2.05, 4.69) is 32.6 Å². The largest absolute Gasteiger partial charge is 0.445 e. The van der Waals surface area contributed by atoms with Crippen molar-refractivity contribution in [2.45, 2.75) is 22.8 Å². The summed E-state index contributed by atoms with van der Waals surface area (Å²) in [6, 6.07) is 10.8. The molecule has 0 bridgehead atoms. The molecule has 0 aliphatic carbocycles. The molecule has 16 heteroatoms. The van der Waals surface area contributed by atoms with Crippen molar-refractivity contribution in [2.24, 2.45) is 0 Å². The lowest BCUT2D eigenvalue weighted by atomic mass is 10.1. The predicted octanol–water partition coefficient (Wildman–Crippen LogP) is 4.23. The van der Waals surface area contributed by atoms with Gasteiger partial charge in [0.15, 0.2) is 5.82 Å². The summed E-state index contributed by atoms with van der Waals surface area (Å²) in [5.41, 5.74) is 1.82. The zero-order valence-corrected chi connectivity index (χ0v) is 28.4. The van der Waals surface area contributed by atoms with Crippen LogP contribution >= 0.6 is 0 Å². The number of rotatable bonds is 12. The molecular formula is C33H38F2N6O7S. The Bertz CT molecular complexity index is 1930. The molecule has 0 saturated carbocycles. The van der Waals surface area contributed by atoms with Crippen LogP contribution in [-0.4, -0.2) is 108 Å². The van der Waals surface area contributed by atoms with Crippen LogP contribution in [0.15, 0.2) is 64.4 Å². The fourth-order valence-corrected chi connectivity index (χ4v) is 6.76. The minimum absolute atomic E-state index is 0.0614. The molecule has 4 aromatic rings. The van der Waals surface area contributed by atoms with Crippen molar-refractivity contribution in [1.29, 1.82) is 0 Å². The number of sulfone groups is 1. The summed E-state index contributed by atoms with van der Waals surface area (Å²) in [5.74, 6) is -2.88. The van der Waals surface area contributed by atoms with Crippen LogP contribution in [0.2, 0.25) is 0 Å². The molecule has 1 saturated heterocycles. The number of hydrogen-bond donors (Lipinski definition) is 2. The molecule has 1 aromatic heterocycles. The summed E-state index contributed by atoms with van der Waals surface area (Å²) in [6.07, 6.45) is -0.905. The smallest absolute Gasteiger partial charge is 0.435 e. The molecule has 3 aromatic carbocycles. The van der Waals surface area contributed by atoms with E-state index >= 15 is 0 Å².